The van der Waals surface area contributed by atoms with E-state index in [1.165, 1.54) is 11.1 Å². The number of nitrogens with zero attached hydrogens (tertiary/aromatic N) is 1. The van der Waals surface area contributed by atoms with Crippen molar-refractivity contribution in [3.8, 4) is 0 Å². The Labute approximate surface area is 85.9 Å². The molecule has 1 aliphatic rings. The highest BCUT2D eigenvalue weighted by atomic mass is 16.5. The second-order valence-corrected chi connectivity index (χ2v) is 3.44. The van der Waals surface area contributed by atoms with E-state index in [9.17, 15) is 0 Å². The molecule has 0 N–H and O–H groups in total. The Bertz CT molecular complexity index is 267. The Balaban J connectivity index is 2.61. The fraction of sp³-hybridized carbons (Fsp3) is 0.500. The molecular weight excluding hydrogens is 174 g/mol. The van der Waals surface area contributed by atoms with Crippen LogP contribution >= 0.6 is 0 Å². The number of methoxy groups -OCH3 is 1. The average molecular weight is 191 g/mol. The maximum Gasteiger partial charge on any atom is 0.0589 e. The summed E-state index contributed by atoms with van der Waals surface area (Å²) in [4.78, 5) is 2.30. The fourth-order valence-corrected chi connectivity index (χ4v) is 1.58. The van der Waals surface area contributed by atoms with Crippen LogP contribution in [0.25, 0.3) is 0 Å². The summed E-state index contributed by atoms with van der Waals surface area (Å²) in [7, 11) is 1.72. The van der Waals surface area contributed by atoms with E-state index < -0.39 is 0 Å². The summed E-state index contributed by atoms with van der Waals surface area (Å²) in [6.07, 6.45) is 0.927. The highest BCUT2D eigenvalue weighted by Crippen LogP contribution is 2.18. The monoisotopic (exact) mass is 191 g/mol. The summed E-state index contributed by atoms with van der Waals surface area (Å²) >= 11 is 0. The zero-order chi connectivity index (χ0) is 10.4. The molecule has 0 spiro atoms. The van der Waals surface area contributed by atoms with Crippen LogP contribution in [0.2, 0.25) is 0 Å². The van der Waals surface area contributed by atoms with E-state index >= 15 is 0 Å². The highest BCUT2D eigenvalue weighted by Gasteiger charge is 2.16. The molecule has 1 heterocycles. The Morgan fingerprint density at radius 3 is 2.29 bits per heavy atom. The van der Waals surface area contributed by atoms with E-state index in [-0.39, 0.29) is 0 Å². The second kappa shape index (κ2) is 5.64. The summed E-state index contributed by atoms with van der Waals surface area (Å²) in [6, 6.07) is 0. The van der Waals surface area contributed by atoms with E-state index in [1.807, 2.05) is 0 Å². The van der Waals surface area contributed by atoms with Crippen LogP contribution in [0.15, 0.2) is 35.8 Å². The van der Waals surface area contributed by atoms with Crippen LogP contribution in [0.4, 0.5) is 0 Å². The lowest BCUT2D eigenvalue weighted by Crippen LogP contribution is -2.34. The first kappa shape index (κ1) is 11.0. The summed E-state index contributed by atoms with van der Waals surface area (Å²) < 4.78 is 5.05. The molecule has 0 aliphatic carbocycles. The van der Waals surface area contributed by atoms with Gasteiger partial charge in [-0.3, -0.25) is 4.90 Å². The molecule has 1 rings (SSSR count). The fourth-order valence-electron chi connectivity index (χ4n) is 1.58. The van der Waals surface area contributed by atoms with Gasteiger partial charge in [0.2, 0.25) is 0 Å². The van der Waals surface area contributed by atoms with Gasteiger partial charge in [-0.05, 0) is 11.1 Å². The Hall–Kier alpha value is -1.04. The first-order valence-electron chi connectivity index (χ1n) is 4.77. The molecule has 0 bridgehead atoms. The molecule has 0 atom stereocenters. The highest BCUT2D eigenvalue weighted by molar-refractivity contribution is 5.20. The molecular formula is C12H17NO. The second-order valence-electron chi connectivity index (χ2n) is 3.44. The van der Waals surface area contributed by atoms with Crippen molar-refractivity contribution >= 4 is 0 Å². The van der Waals surface area contributed by atoms with Crippen LogP contribution in [0.5, 0.6) is 0 Å². The van der Waals surface area contributed by atoms with Crippen LogP contribution in [-0.2, 0) is 4.74 Å². The largest absolute Gasteiger partial charge is 0.383 e. The normalized spacial score (nSPS) is 17.8. The van der Waals surface area contributed by atoms with Gasteiger partial charge in [0.25, 0.3) is 0 Å². The molecule has 0 aromatic rings. The Kier molecular flexibility index (Phi) is 4.45. The van der Waals surface area contributed by atoms with E-state index in [2.05, 4.69) is 29.5 Å². The number of ether oxygens (including phenoxy) is 1. The third-order valence-corrected chi connectivity index (χ3v) is 2.37. The van der Waals surface area contributed by atoms with Crippen LogP contribution < -0.4 is 0 Å². The van der Waals surface area contributed by atoms with Crippen molar-refractivity contribution in [2.75, 3.05) is 33.4 Å². The van der Waals surface area contributed by atoms with Crippen molar-refractivity contribution in [3.05, 3.63) is 35.8 Å². The van der Waals surface area contributed by atoms with Crippen molar-refractivity contribution in [1.29, 1.82) is 0 Å². The first-order valence-corrected chi connectivity index (χ1v) is 4.77. The van der Waals surface area contributed by atoms with Crippen LogP contribution in [0.1, 0.15) is 6.42 Å². The molecule has 0 saturated carbocycles. The zero-order valence-corrected chi connectivity index (χ0v) is 8.81. The molecule has 0 amide bonds. The number of rotatable bonds is 3. The lowest BCUT2D eigenvalue weighted by molar-refractivity contribution is 0.154. The van der Waals surface area contributed by atoms with Crippen LogP contribution in [0, 0.1) is 0 Å². The maximum absolute atomic E-state index is 5.05. The van der Waals surface area contributed by atoms with Gasteiger partial charge in [0, 0.05) is 33.2 Å². The van der Waals surface area contributed by atoms with Crippen molar-refractivity contribution in [3.63, 3.8) is 0 Å². The summed E-state index contributed by atoms with van der Waals surface area (Å²) in [5.41, 5.74) is 8.38. The molecule has 0 radical (unpaired) electrons. The Morgan fingerprint density at radius 1 is 1.29 bits per heavy atom. The van der Waals surface area contributed by atoms with Crippen LogP contribution in [0.3, 0.4) is 0 Å². The third kappa shape index (κ3) is 3.02. The van der Waals surface area contributed by atoms with Gasteiger partial charge in [0.1, 0.15) is 0 Å². The Morgan fingerprint density at radius 2 is 1.86 bits per heavy atom. The minimum atomic E-state index is 0.759. The molecule has 2 nitrogen and oxygen atoms in total. The van der Waals surface area contributed by atoms with Gasteiger partial charge >= 0.3 is 0 Å². The molecule has 1 fully saturated rings. The van der Waals surface area contributed by atoms with E-state index in [0.29, 0.717) is 0 Å². The molecule has 1 saturated heterocycles. The SMILES string of the molecule is C=C=C1CC(=C=C)CN(CCOC)C1. The minimum Gasteiger partial charge on any atom is -0.383 e. The van der Waals surface area contributed by atoms with Gasteiger partial charge in [-0.25, -0.2) is 0 Å². The molecule has 1 aliphatic heterocycles. The predicted octanol–water partition coefficient (Wildman–Crippen LogP) is 1.76. The van der Waals surface area contributed by atoms with E-state index in [0.717, 1.165) is 32.7 Å². The van der Waals surface area contributed by atoms with Gasteiger partial charge < -0.3 is 4.74 Å². The van der Waals surface area contributed by atoms with Gasteiger partial charge in [-0.15, -0.1) is 11.5 Å². The molecule has 14 heavy (non-hydrogen) atoms. The average Bonchev–Trinajstić information content (AvgIpc) is 2.25. The van der Waals surface area contributed by atoms with Gasteiger partial charge in [-0.2, -0.15) is 0 Å². The molecule has 0 unspecified atom stereocenters. The standard InChI is InChI=1S/C12H17NO/c1-4-11-8-12(5-2)10-13(9-11)6-7-14-3/h1-2,6-10H2,3H3. The molecule has 0 aromatic heterocycles. The topological polar surface area (TPSA) is 12.5 Å². The van der Waals surface area contributed by atoms with E-state index in [1.54, 1.807) is 7.11 Å². The van der Waals surface area contributed by atoms with Crippen molar-refractivity contribution < 1.29 is 4.74 Å². The minimum absolute atomic E-state index is 0.759. The molecule has 0 aromatic carbocycles. The number of hydrogen-bond acceptors (Lipinski definition) is 2. The zero-order valence-electron chi connectivity index (χ0n) is 8.81. The smallest absolute Gasteiger partial charge is 0.0589 e. The lowest BCUT2D eigenvalue weighted by atomic mass is 10.0. The van der Waals surface area contributed by atoms with Crippen LogP contribution in [-0.4, -0.2) is 38.3 Å². The number of piperidine rings is 1. The van der Waals surface area contributed by atoms with Gasteiger partial charge in [-0.1, -0.05) is 13.2 Å². The quantitative estimate of drug-likeness (QED) is 0.630. The van der Waals surface area contributed by atoms with Crippen molar-refractivity contribution in [2.45, 2.75) is 6.42 Å². The van der Waals surface area contributed by atoms with Crippen molar-refractivity contribution in [2.24, 2.45) is 0 Å². The number of likely N-dealkylation sites (tertiary alicyclic amines) is 1. The summed E-state index contributed by atoms with van der Waals surface area (Å²) in [5.74, 6) is 0. The summed E-state index contributed by atoms with van der Waals surface area (Å²) in [5, 5.41) is 0. The van der Waals surface area contributed by atoms with Gasteiger partial charge in [0.15, 0.2) is 0 Å². The third-order valence-electron chi connectivity index (χ3n) is 2.37. The predicted molar refractivity (Wildman–Crippen MR) is 58.2 cm³/mol. The lowest BCUT2D eigenvalue weighted by Gasteiger charge is -2.28. The van der Waals surface area contributed by atoms with Crippen molar-refractivity contribution in [1.82, 2.24) is 4.90 Å². The summed E-state index contributed by atoms with van der Waals surface area (Å²) in [6.45, 7) is 11.0. The van der Waals surface area contributed by atoms with E-state index in [4.69, 9.17) is 4.74 Å². The molecule has 76 valence electrons. The number of hydrogen-bond donors (Lipinski definition) is 0. The molecule has 2 heteroatoms. The maximum atomic E-state index is 5.05. The first-order chi connectivity index (χ1) is 6.80. The van der Waals surface area contributed by atoms with Gasteiger partial charge in [0.05, 0.1) is 6.61 Å².